The van der Waals surface area contributed by atoms with E-state index < -0.39 is 5.97 Å². The number of rotatable bonds is 7. The van der Waals surface area contributed by atoms with Crippen molar-refractivity contribution in [3.05, 3.63) is 71.2 Å². The maximum atomic E-state index is 11.1. The van der Waals surface area contributed by atoms with Crippen LogP contribution in [0.2, 0.25) is 0 Å². The van der Waals surface area contributed by atoms with E-state index in [1.807, 2.05) is 43.7 Å². The summed E-state index contributed by atoms with van der Waals surface area (Å²) >= 11 is 0. The Labute approximate surface area is 185 Å². The highest BCUT2D eigenvalue weighted by atomic mass is 16.5. The Balaban J connectivity index is 1.56. The van der Waals surface area contributed by atoms with Crippen molar-refractivity contribution in [2.45, 2.75) is 20.5 Å². The Morgan fingerprint density at radius 3 is 2.69 bits per heavy atom. The molecular formula is C24H23N3O5. The number of carboxylic acids is 1. The standard InChI is InChI=1S/C24H23N3O5/c1-14-12-25-23(15(2)22(14)30-4)32-18-8-9-19-20(11-18)27(3)21(26-19)13-31-17-7-5-6-16(10-17)24(28)29/h5-12H,13H2,1-4H3,(H,28,29). The van der Waals surface area contributed by atoms with Crippen LogP contribution in [-0.4, -0.2) is 32.7 Å². The summed E-state index contributed by atoms with van der Waals surface area (Å²) in [6, 6.07) is 12.0. The second kappa shape index (κ2) is 8.58. The lowest BCUT2D eigenvalue weighted by atomic mass is 10.2. The van der Waals surface area contributed by atoms with Crippen molar-refractivity contribution in [2.24, 2.45) is 7.05 Å². The molecule has 1 N–H and O–H groups in total. The Morgan fingerprint density at radius 2 is 1.94 bits per heavy atom. The molecule has 0 aliphatic heterocycles. The van der Waals surface area contributed by atoms with Crippen LogP contribution in [0.3, 0.4) is 0 Å². The Morgan fingerprint density at radius 1 is 1.12 bits per heavy atom. The number of imidazole rings is 1. The first kappa shape index (κ1) is 21.2. The third kappa shape index (κ3) is 4.07. The zero-order chi connectivity index (χ0) is 22.8. The summed E-state index contributed by atoms with van der Waals surface area (Å²) in [5.74, 6) is 2.03. The molecule has 32 heavy (non-hydrogen) atoms. The molecule has 0 radical (unpaired) electrons. The molecule has 2 aromatic carbocycles. The molecule has 2 heterocycles. The van der Waals surface area contributed by atoms with Crippen LogP contribution in [0.1, 0.15) is 27.3 Å². The van der Waals surface area contributed by atoms with E-state index in [4.69, 9.17) is 19.3 Å². The lowest BCUT2D eigenvalue weighted by molar-refractivity contribution is 0.0696. The molecule has 4 aromatic rings. The van der Waals surface area contributed by atoms with Gasteiger partial charge in [-0.25, -0.2) is 14.8 Å². The van der Waals surface area contributed by atoms with Gasteiger partial charge in [0.15, 0.2) is 0 Å². The molecule has 0 unspecified atom stereocenters. The van der Waals surface area contributed by atoms with E-state index in [2.05, 4.69) is 9.97 Å². The number of pyridine rings is 1. The van der Waals surface area contributed by atoms with Crippen LogP contribution in [0, 0.1) is 13.8 Å². The third-order valence-corrected chi connectivity index (χ3v) is 5.21. The monoisotopic (exact) mass is 433 g/mol. The van der Waals surface area contributed by atoms with Gasteiger partial charge in [0.1, 0.15) is 29.7 Å². The molecule has 0 amide bonds. The number of hydrogen-bond donors (Lipinski definition) is 1. The van der Waals surface area contributed by atoms with Crippen molar-refractivity contribution >= 4 is 17.0 Å². The lowest BCUT2D eigenvalue weighted by Crippen LogP contribution is -2.04. The van der Waals surface area contributed by atoms with Crippen molar-refractivity contribution in [1.82, 2.24) is 14.5 Å². The highest BCUT2D eigenvalue weighted by Gasteiger charge is 2.14. The quantitative estimate of drug-likeness (QED) is 0.453. The molecule has 0 aliphatic carbocycles. The van der Waals surface area contributed by atoms with Gasteiger partial charge >= 0.3 is 5.97 Å². The molecule has 2 aromatic heterocycles. The molecule has 164 valence electrons. The van der Waals surface area contributed by atoms with E-state index in [1.54, 1.807) is 25.4 Å². The van der Waals surface area contributed by atoms with Crippen molar-refractivity contribution in [2.75, 3.05) is 7.11 Å². The highest BCUT2D eigenvalue weighted by Crippen LogP contribution is 2.32. The Hall–Kier alpha value is -4.07. The number of aromatic carboxylic acids is 1. The van der Waals surface area contributed by atoms with Gasteiger partial charge in [-0.1, -0.05) is 6.07 Å². The van der Waals surface area contributed by atoms with Gasteiger partial charge in [0.25, 0.3) is 0 Å². The number of carbonyl (C=O) groups is 1. The highest BCUT2D eigenvalue weighted by molar-refractivity contribution is 5.88. The van der Waals surface area contributed by atoms with Crippen molar-refractivity contribution in [3.63, 3.8) is 0 Å². The summed E-state index contributed by atoms with van der Waals surface area (Å²) in [4.78, 5) is 20.1. The number of fused-ring (bicyclic) bond motifs is 1. The van der Waals surface area contributed by atoms with Crippen LogP contribution in [-0.2, 0) is 13.7 Å². The van der Waals surface area contributed by atoms with Crippen LogP contribution in [0.5, 0.6) is 23.1 Å². The molecule has 8 nitrogen and oxygen atoms in total. The van der Waals surface area contributed by atoms with E-state index in [0.29, 0.717) is 23.2 Å². The maximum Gasteiger partial charge on any atom is 0.335 e. The first-order valence-corrected chi connectivity index (χ1v) is 9.97. The largest absolute Gasteiger partial charge is 0.496 e. The van der Waals surface area contributed by atoms with Crippen LogP contribution >= 0.6 is 0 Å². The minimum atomic E-state index is -0.998. The fourth-order valence-electron chi connectivity index (χ4n) is 3.51. The molecule has 0 saturated heterocycles. The van der Waals surface area contributed by atoms with Crippen molar-refractivity contribution in [1.29, 1.82) is 0 Å². The molecule has 0 atom stereocenters. The second-order valence-electron chi connectivity index (χ2n) is 7.37. The number of ether oxygens (including phenoxy) is 3. The van der Waals surface area contributed by atoms with Gasteiger partial charge in [-0.2, -0.15) is 0 Å². The predicted molar refractivity (Wildman–Crippen MR) is 119 cm³/mol. The van der Waals surface area contributed by atoms with E-state index in [0.717, 1.165) is 27.9 Å². The van der Waals surface area contributed by atoms with E-state index in [-0.39, 0.29) is 12.2 Å². The van der Waals surface area contributed by atoms with Crippen LogP contribution in [0.4, 0.5) is 0 Å². The number of carboxylic acid groups (broad SMARTS) is 1. The van der Waals surface area contributed by atoms with Gasteiger partial charge in [-0.15, -0.1) is 0 Å². The topological polar surface area (TPSA) is 95.7 Å². The number of methoxy groups -OCH3 is 1. The van der Waals surface area contributed by atoms with E-state index in [9.17, 15) is 4.79 Å². The zero-order valence-electron chi connectivity index (χ0n) is 18.2. The molecular weight excluding hydrogens is 410 g/mol. The molecule has 0 bridgehead atoms. The zero-order valence-corrected chi connectivity index (χ0v) is 18.2. The van der Waals surface area contributed by atoms with Crippen LogP contribution in [0.15, 0.2) is 48.7 Å². The van der Waals surface area contributed by atoms with Gasteiger partial charge < -0.3 is 23.9 Å². The van der Waals surface area contributed by atoms with Gasteiger partial charge in [0.2, 0.25) is 5.88 Å². The van der Waals surface area contributed by atoms with Crippen LogP contribution < -0.4 is 14.2 Å². The fourth-order valence-corrected chi connectivity index (χ4v) is 3.51. The smallest absolute Gasteiger partial charge is 0.335 e. The minimum Gasteiger partial charge on any atom is -0.496 e. The summed E-state index contributed by atoms with van der Waals surface area (Å²) in [5, 5.41) is 9.13. The van der Waals surface area contributed by atoms with E-state index in [1.165, 1.54) is 12.1 Å². The summed E-state index contributed by atoms with van der Waals surface area (Å²) < 4.78 is 19.2. The lowest BCUT2D eigenvalue weighted by Gasteiger charge is -2.13. The maximum absolute atomic E-state index is 11.1. The molecule has 8 heteroatoms. The third-order valence-electron chi connectivity index (χ3n) is 5.21. The number of aryl methyl sites for hydroxylation is 2. The first-order chi connectivity index (χ1) is 15.4. The molecule has 4 rings (SSSR count). The van der Waals surface area contributed by atoms with Crippen molar-refractivity contribution in [3.8, 4) is 23.1 Å². The number of nitrogens with zero attached hydrogens (tertiary/aromatic N) is 3. The van der Waals surface area contributed by atoms with Crippen molar-refractivity contribution < 1.29 is 24.1 Å². The normalized spacial score (nSPS) is 10.9. The number of aromatic nitrogens is 3. The average molecular weight is 433 g/mol. The molecule has 0 saturated carbocycles. The summed E-state index contributed by atoms with van der Waals surface area (Å²) in [7, 11) is 3.52. The Bertz CT molecular complexity index is 1310. The predicted octanol–water partition coefficient (Wildman–Crippen LogP) is 4.66. The fraction of sp³-hybridized carbons (Fsp3) is 0.208. The minimum absolute atomic E-state index is 0.172. The SMILES string of the molecule is COc1c(C)cnc(Oc2ccc3nc(COc4cccc(C(=O)O)c4)n(C)c3c2)c1C. The number of hydrogen-bond acceptors (Lipinski definition) is 6. The summed E-state index contributed by atoms with van der Waals surface area (Å²) in [6.07, 6.45) is 1.72. The molecule has 0 aliphatic rings. The van der Waals surface area contributed by atoms with Gasteiger partial charge in [0.05, 0.1) is 29.3 Å². The average Bonchev–Trinajstić information content (AvgIpc) is 3.10. The molecule has 0 spiro atoms. The van der Waals surface area contributed by atoms with Gasteiger partial charge in [-0.05, 0) is 44.2 Å². The summed E-state index contributed by atoms with van der Waals surface area (Å²) in [5.41, 5.74) is 3.61. The molecule has 0 fully saturated rings. The Kier molecular flexibility index (Phi) is 5.68. The number of benzene rings is 2. The van der Waals surface area contributed by atoms with Gasteiger partial charge in [0, 0.05) is 24.9 Å². The van der Waals surface area contributed by atoms with Gasteiger partial charge in [-0.3, -0.25) is 0 Å². The summed E-state index contributed by atoms with van der Waals surface area (Å²) in [6.45, 7) is 4.04. The second-order valence-corrected chi connectivity index (χ2v) is 7.37. The van der Waals surface area contributed by atoms with Crippen LogP contribution in [0.25, 0.3) is 11.0 Å². The first-order valence-electron chi connectivity index (χ1n) is 9.97. The van der Waals surface area contributed by atoms with E-state index >= 15 is 0 Å².